The van der Waals surface area contributed by atoms with Crippen LogP contribution < -0.4 is 0 Å². The Balaban J connectivity index is 6.82. The third-order valence-corrected chi connectivity index (χ3v) is 3.73. The molecular formula is C12H5F17O2. The third kappa shape index (κ3) is 3.70. The van der Waals surface area contributed by atoms with Crippen LogP contribution in [0.15, 0.2) is 0 Å². The first-order chi connectivity index (χ1) is 13.3. The summed E-state index contributed by atoms with van der Waals surface area (Å²) in [5, 5.41) is 0. The Morgan fingerprint density at radius 1 is 0.484 bits per heavy atom. The van der Waals surface area contributed by atoms with Crippen molar-refractivity contribution < 1.29 is 84.2 Å². The number of hydrogen-bond acceptors (Lipinski definition) is 2. The Kier molecular flexibility index (Phi) is 7.17. The van der Waals surface area contributed by atoms with Gasteiger partial charge in [-0.1, -0.05) is 0 Å². The van der Waals surface area contributed by atoms with Crippen LogP contribution in [-0.4, -0.2) is 60.2 Å². The van der Waals surface area contributed by atoms with Crippen LogP contribution in [0, 0.1) is 5.92 Å². The zero-order chi connectivity index (χ0) is 25.7. The molecule has 1 unspecified atom stereocenters. The summed E-state index contributed by atoms with van der Waals surface area (Å²) in [5.74, 6) is -61.6. The van der Waals surface area contributed by atoms with Crippen LogP contribution in [0.3, 0.4) is 0 Å². The van der Waals surface area contributed by atoms with Crippen LogP contribution in [0.5, 0.6) is 0 Å². The van der Waals surface area contributed by atoms with Crippen molar-refractivity contribution in [2.24, 2.45) is 5.92 Å². The van der Waals surface area contributed by atoms with Gasteiger partial charge in [0, 0.05) is 6.42 Å². The van der Waals surface area contributed by atoms with Gasteiger partial charge in [0.1, 0.15) is 12.6 Å². The van der Waals surface area contributed by atoms with Gasteiger partial charge in [-0.15, -0.1) is 0 Å². The van der Waals surface area contributed by atoms with Gasteiger partial charge in [0.2, 0.25) is 0 Å². The Morgan fingerprint density at radius 3 is 1.03 bits per heavy atom. The Morgan fingerprint density at radius 2 is 0.774 bits per heavy atom. The van der Waals surface area contributed by atoms with Gasteiger partial charge in [-0.05, 0) is 0 Å². The molecule has 0 aromatic carbocycles. The molecule has 0 bridgehead atoms. The van der Waals surface area contributed by atoms with Crippen molar-refractivity contribution in [2.75, 3.05) is 0 Å². The maximum Gasteiger partial charge on any atom is 0.460 e. The largest absolute Gasteiger partial charge is 0.460 e. The first-order valence-electron chi connectivity index (χ1n) is 6.87. The summed E-state index contributed by atoms with van der Waals surface area (Å²) < 4.78 is 220. The summed E-state index contributed by atoms with van der Waals surface area (Å²) in [6.45, 7) is 0. The fourth-order valence-electron chi connectivity index (χ4n) is 1.80. The van der Waals surface area contributed by atoms with E-state index in [1.807, 2.05) is 0 Å². The summed E-state index contributed by atoms with van der Waals surface area (Å²) in [7, 11) is 0. The molecule has 184 valence electrons. The van der Waals surface area contributed by atoms with Crippen molar-refractivity contribution in [3.05, 3.63) is 0 Å². The van der Waals surface area contributed by atoms with Gasteiger partial charge in [0.15, 0.2) is 0 Å². The van der Waals surface area contributed by atoms with E-state index >= 15 is 0 Å². The zero-order valence-corrected chi connectivity index (χ0v) is 13.7. The van der Waals surface area contributed by atoms with Crippen LogP contribution in [0.25, 0.3) is 0 Å². The first kappa shape index (κ1) is 29.1. The van der Waals surface area contributed by atoms with E-state index < -0.39 is 72.5 Å². The summed E-state index contributed by atoms with van der Waals surface area (Å²) in [6.07, 6.45) is -12.2. The smallest absolute Gasteiger partial charge is 0.303 e. The number of halogens is 17. The lowest BCUT2D eigenvalue weighted by Gasteiger charge is -2.43. The minimum Gasteiger partial charge on any atom is -0.303 e. The minimum atomic E-state index is -8.73. The molecule has 0 heterocycles. The molecule has 2 nitrogen and oxygen atoms in total. The highest BCUT2D eigenvalue weighted by molar-refractivity contribution is 5.63. The molecule has 0 fully saturated rings. The second kappa shape index (κ2) is 7.63. The highest BCUT2D eigenvalue weighted by Crippen LogP contribution is 2.64. The van der Waals surface area contributed by atoms with Crippen LogP contribution in [0.2, 0.25) is 0 Å². The van der Waals surface area contributed by atoms with Gasteiger partial charge < -0.3 is 9.59 Å². The molecule has 0 aliphatic rings. The molecular weight excluding hydrogens is 499 g/mol. The predicted molar refractivity (Wildman–Crippen MR) is 60.9 cm³/mol. The standard InChI is InChI=1S/C12H5F17O2/c13-5(14,4(3-31)1-2-30)6(15,16)7(17,18)8(19,20)9(21,22)10(23,24)11(25,26)12(27,28)29/h2-4H,1H2. The van der Waals surface area contributed by atoms with E-state index in [0.717, 1.165) is 0 Å². The van der Waals surface area contributed by atoms with E-state index in [1.165, 1.54) is 0 Å². The fourth-order valence-corrected chi connectivity index (χ4v) is 1.80. The molecule has 0 aromatic rings. The van der Waals surface area contributed by atoms with Gasteiger partial charge >= 0.3 is 47.6 Å². The van der Waals surface area contributed by atoms with Crippen molar-refractivity contribution in [1.82, 2.24) is 0 Å². The molecule has 1 atom stereocenters. The number of carbonyl (C=O) groups excluding carboxylic acids is 2. The van der Waals surface area contributed by atoms with Gasteiger partial charge in [-0.2, -0.15) is 74.6 Å². The molecule has 0 amide bonds. The molecule has 0 radical (unpaired) electrons. The van der Waals surface area contributed by atoms with E-state index in [9.17, 15) is 84.2 Å². The molecule has 19 heteroatoms. The lowest BCUT2D eigenvalue weighted by Crippen LogP contribution is -2.75. The number of hydrogen-bond donors (Lipinski definition) is 0. The molecule has 0 N–H and O–H groups in total. The number of aldehydes is 2. The van der Waals surface area contributed by atoms with Crippen molar-refractivity contribution in [2.45, 2.75) is 54.1 Å². The zero-order valence-electron chi connectivity index (χ0n) is 13.7. The normalized spacial score (nSPS) is 16.8. The van der Waals surface area contributed by atoms with Crippen molar-refractivity contribution in [3.63, 3.8) is 0 Å². The molecule has 0 aliphatic carbocycles. The monoisotopic (exact) mass is 504 g/mol. The molecule has 0 rings (SSSR count). The summed E-state index contributed by atoms with van der Waals surface area (Å²) >= 11 is 0. The van der Waals surface area contributed by atoms with Gasteiger partial charge in [0.05, 0.1) is 5.92 Å². The summed E-state index contributed by atoms with van der Waals surface area (Å²) in [4.78, 5) is 20.3. The quantitative estimate of drug-likeness (QED) is 0.295. The van der Waals surface area contributed by atoms with Crippen molar-refractivity contribution in [3.8, 4) is 0 Å². The summed E-state index contributed by atoms with van der Waals surface area (Å²) in [6, 6.07) is 0. The molecule has 0 spiro atoms. The van der Waals surface area contributed by atoms with Gasteiger partial charge in [-0.25, -0.2) is 0 Å². The second-order valence-electron chi connectivity index (χ2n) is 5.71. The number of rotatable bonds is 10. The molecule has 0 saturated carbocycles. The maximum absolute atomic E-state index is 13.5. The number of alkyl halides is 17. The highest BCUT2D eigenvalue weighted by atomic mass is 19.4. The SMILES string of the molecule is O=CCC(C=O)C(F)(F)C(F)(F)C(F)(F)C(F)(F)C(F)(F)C(F)(F)C(F)(F)C(F)(F)F. The number of carbonyl (C=O) groups is 2. The lowest BCUT2D eigenvalue weighted by molar-refractivity contribution is -0.462. The Hall–Kier alpha value is -1.85. The molecule has 0 aromatic heterocycles. The second-order valence-corrected chi connectivity index (χ2v) is 5.71. The lowest BCUT2D eigenvalue weighted by atomic mass is 9.84. The van der Waals surface area contributed by atoms with Crippen molar-refractivity contribution in [1.29, 1.82) is 0 Å². The topological polar surface area (TPSA) is 34.1 Å². The fraction of sp³-hybridized carbons (Fsp3) is 0.833. The van der Waals surface area contributed by atoms with Gasteiger partial charge in [0.25, 0.3) is 0 Å². The van der Waals surface area contributed by atoms with Crippen molar-refractivity contribution >= 4 is 12.6 Å². The Labute approximate surface area is 158 Å². The highest BCUT2D eigenvalue weighted by Gasteiger charge is 2.95. The van der Waals surface area contributed by atoms with E-state index in [1.54, 1.807) is 0 Å². The van der Waals surface area contributed by atoms with Crippen LogP contribution >= 0.6 is 0 Å². The average Bonchev–Trinajstić information content (AvgIpc) is 2.57. The first-order valence-corrected chi connectivity index (χ1v) is 6.87. The molecule has 31 heavy (non-hydrogen) atoms. The summed E-state index contributed by atoms with van der Waals surface area (Å²) in [5.41, 5.74) is 0. The van der Waals surface area contributed by atoms with Gasteiger partial charge in [-0.3, -0.25) is 0 Å². The third-order valence-electron chi connectivity index (χ3n) is 3.73. The Bertz CT molecular complexity index is 677. The van der Waals surface area contributed by atoms with Crippen LogP contribution in [0.4, 0.5) is 74.6 Å². The predicted octanol–water partition coefficient (Wildman–Crippen LogP) is 5.40. The average molecular weight is 504 g/mol. The molecule has 0 aliphatic heterocycles. The van der Waals surface area contributed by atoms with E-state index in [-0.39, 0.29) is 0 Å². The van der Waals surface area contributed by atoms with E-state index in [2.05, 4.69) is 0 Å². The van der Waals surface area contributed by atoms with Crippen LogP contribution in [0.1, 0.15) is 6.42 Å². The van der Waals surface area contributed by atoms with E-state index in [4.69, 9.17) is 0 Å². The maximum atomic E-state index is 13.5. The van der Waals surface area contributed by atoms with E-state index in [0.29, 0.717) is 0 Å². The minimum absolute atomic E-state index is 0.841. The van der Waals surface area contributed by atoms with Crippen LogP contribution in [-0.2, 0) is 9.59 Å². The molecule has 0 saturated heterocycles.